The van der Waals surface area contributed by atoms with Crippen LogP contribution in [0.25, 0.3) is 0 Å². The fourth-order valence-electron chi connectivity index (χ4n) is 1.25. The van der Waals surface area contributed by atoms with Gasteiger partial charge in [-0.15, -0.1) is 6.42 Å². The third-order valence-electron chi connectivity index (χ3n) is 2.05. The molecule has 0 aromatic rings. The van der Waals surface area contributed by atoms with Crippen molar-refractivity contribution in [2.75, 3.05) is 33.5 Å². The van der Waals surface area contributed by atoms with Crippen molar-refractivity contribution in [2.24, 2.45) is 0 Å². The Hall–Kier alpha value is -0.560. The third kappa shape index (κ3) is 9.74. The van der Waals surface area contributed by atoms with Gasteiger partial charge in [-0.05, 0) is 12.8 Å². The Bertz CT molecular complexity index is 165. The normalized spacial score (nSPS) is 12.3. The minimum absolute atomic E-state index is 0.192. The summed E-state index contributed by atoms with van der Waals surface area (Å²) in [5.74, 6) is 2.73. The molecule has 0 fully saturated rings. The number of nitrogens with one attached hydrogen (secondary N) is 1. The molecule has 0 aliphatic heterocycles. The number of rotatable bonds is 10. The average Bonchev–Trinajstić information content (AvgIpc) is 2.26. The first kappa shape index (κ1) is 14.4. The Morgan fingerprint density at radius 3 is 2.73 bits per heavy atom. The molecule has 88 valence electrons. The van der Waals surface area contributed by atoms with Gasteiger partial charge in [-0.1, -0.05) is 19.3 Å². The predicted octanol–water partition coefficient (Wildman–Crippen LogP) is 1.43. The van der Waals surface area contributed by atoms with E-state index in [0.29, 0.717) is 6.61 Å². The van der Waals surface area contributed by atoms with Gasteiger partial charge in [0.05, 0.1) is 12.6 Å². The first-order chi connectivity index (χ1) is 7.35. The highest BCUT2D eigenvalue weighted by Crippen LogP contribution is 1.93. The van der Waals surface area contributed by atoms with Gasteiger partial charge < -0.3 is 14.8 Å². The Morgan fingerprint density at radius 1 is 1.33 bits per heavy atom. The highest BCUT2D eigenvalue weighted by molar-refractivity contribution is 4.98. The highest BCUT2D eigenvalue weighted by Gasteiger charge is 2.00. The van der Waals surface area contributed by atoms with E-state index >= 15 is 0 Å². The lowest BCUT2D eigenvalue weighted by molar-refractivity contribution is 0.103. The summed E-state index contributed by atoms with van der Waals surface area (Å²) in [5, 5.41) is 3.27. The van der Waals surface area contributed by atoms with Gasteiger partial charge in [-0.2, -0.15) is 0 Å². The lowest BCUT2D eigenvalue weighted by Crippen LogP contribution is -2.30. The maximum Gasteiger partial charge on any atom is 0.0687 e. The smallest absolute Gasteiger partial charge is 0.0687 e. The van der Waals surface area contributed by atoms with Gasteiger partial charge in [0.2, 0.25) is 0 Å². The highest BCUT2D eigenvalue weighted by atomic mass is 16.5. The Kier molecular flexibility index (Phi) is 11.1. The number of hydrogen-bond donors (Lipinski definition) is 1. The molecule has 0 heterocycles. The van der Waals surface area contributed by atoms with Crippen molar-refractivity contribution in [1.82, 2.24) is 5.32 Å². The molecule has 0 saturated heterocycles. The molecule has 0 aliphatic carbocycles. The van der Waals surface area contributed by atoms with Crippen LogP contribution in [-0.2, 0) is 9.47 Å². The van der Waals surface area contributed by atoms with Gasteiger partial charge in [0, 0.05) is 26.9 Å². The number of ether oxygens (including phenoxy) is 2. The van der Waals surface area contributed by atoms with Crippen LogP contribution in [0.3, 0.4) is 0 Å². The second-order valence-corrected chi connectivity index (χ2v) is 3.42. The quantitative estimate of drug-likeness (QED) is 0.440. The Morgan fingerprint density at radius 2 is 2.13 bits per heavy atom. The summed E-state index contributed by atoms with van der Waals surface area (Å²) in [4.78, 5) is 0. The van der Waals surface area contributed by atoms with E-state index in [-0.39, 0.29) is 6.04 Å². The average molecular weight is 213 g/mol. The minimum Gasteiger partial charge on any atom is -0.385 e. The summed E-state index contributed by atoms with van der Waals surface area (Å²) in [6, 6.07) is 0.192. The van der Waals surface area contributed by atoms with Crippen LogP contribution in [0.5, 0.6) is 0 Å². The van der Waals surface area contributed by atoms with Crippen LogP contribution in [0.2, 0.25) is 0 Å². The zero-order chi connectivity index (χ0) is 11.4. The minimum atomic E-state index is 0.192. The second kappa shape index (κ2) is 11.5. The fourth-order valence-corrected chi connectivity index (χ4v) is 1.25. The maximum absolute atomic E-state index is 5.40. The van der Waals surface area contributed by atoms with E-state index in [0.717, 1.165) is 39.0 Å². The zero-order valence-corrected chi connectivity index (χ0v) is 9.92. The summed E-state index contributed by atoms with van der Waals surface area (Å²) in [7, 11) is 1.70. The van der Waals surface area contributed by atoms with Crippen molar-refractivity contribution < 1.29 is 9.47 Å². The second-order valence-electron chi connectivity index (χ2n) is 3.42. The van der Waals surface area contributed by atoms with Crippen molar-refractivity contribution in [1.29, 1.82) is 0 Å². The van der Waals surface area contributed by atoms with Crippen molar-refractivity contribution in [3.8, 4) is 12.3 Å². The Labute approximate surface area is 93.5 Å². The molecule has 0 aromatic carbocycles. The molecule has 0 spiro atoms. The maximum atomic E-state index is 5.40. The lowest BCUT2D eigenvalue weighted by Gasteiger charge is -2.11. The van der Waals surface area contributed by atoms with Crippen molar-refractivity contribution in [3.63, 3.8) is 0 Å². The van der Waals surface area contributed by atoms with Crippen LogP contribution >= 0.6 is 0 Å². The van der Waals surface area contributed by atoms with Crippen LogP contribution in [-0.4, -0.2) is 39.5 Å². The van der Waals surface area contributed by atoms with Gasteiger partial charge in [0.25, 0.3) is 0 Å². The third-order valence-corrected chi connectivity index (χ3v) is 2.05. The molecule has 0 amide bonds. The van der Waals surface area contributed by atoms with Gasteiger partial charge in [0.15, 0.2) is 0 Å². The SMILES string of the molecule is C#CC(CCC)NCCOCCCOC. The zero-order valence-electron chi connectivity index (χ0n) is 9.92. The summed E-state index contributed by atoms with van der Waals surface area (Å²) in [5.41, 5.74) is 0. The molecule has 0 bridgehead atoms. The van der Waals surface area contributed by atoms with E-state index in [2.05, 4.69) is 18.2 Å². The molecule has 0 saturated carbocycles. The predicted molar refractivity (Wildman–Crippen MR) is 62.8 cm³/mol. The van der Waals surface area contributed by atoms with Gasteiger partial charge in [0.1, 0.15) is 0 Å². The molecule has 3 heteroatoms. The first-order valence-electron chi connectivity index (χ1n) is 5.61. The van der Waals surface area contributed by atoms with Gasteiger partial charge >= 0.3 is 0 Å². The molecule has 15 heavy (non-hydrogen) atoms. The van der Waals surface area contributed by atoms with Gasteiger partial charge in [-0.25, -0.2) is 0 Å². The van der Waals surface area contributed by atoms with Gasteiger partial charge in [-0.3, -0.25) is 0 Å². The molecule has 1 unspecified atom stereocenters. The molecule has 0 radical (unpaired) electrons. The molecule has 1 N–H and O–H groups in total. The lowest BCUT2D eigenvalue weighted by atomic mass is 10.2. The van der Waals surface area contributed by atoms with Crippen LogP contribution < -0.4 is 5.32 Å². The molecule has 0 aliphatic rings. The molecule has 1 atom stereocenters. The summed E-state index contributed by atoms with van der Waals surface area (Å²) in [6.45, 7) is 5.18. The molecule has 3 nitrogen and oxygen atoms in total. The summed E-state index contributed by atoms with van der Waals surface area (Å²) >= 11 is 0. The fraction of sp³-hybridized carbons (Fsp3) is 0.833. The standard InChI is InChI=1S/C12H23NO2/c1-4-7-12(5-2)13-8-11-15-10-6-9-14-3/h2,12-13H,4,6-11H2,1,3H3. The summed E-state index contributed by atoms with van der Waals surface area (Å²) in [6.07, 6.45) is 8.45. The molecular weight excluding hydrogens is 190 g/mol. The first-order valence-corrected chi connectivity index (χ1v) is 5.61. The van der Waals surface area contributed by atoms with Crippen molar-refractivity contribution >= 4 is 0 Å². The van der Waals surface area contributed by atoms with E-state index in [9.17, 15) is 0 Å². The summed E-state index contributed by atoms with van der Waals surface area (Å²) < 4.78 is 10.3. The van der Waals surface area contributed by atoms with Crippen molar-refractivity contribution in [3.05, 3.63) is 0 Å². The van der Waals surface area contributed by atoms with Crippen LogP contribution in [0, 0.1) is 12.3 Å². The number of hydrogen-bond acceptors (Lipinski definition) is 3. The van der Waals surface area contributed by atoms with E-state index < -0.39 is 0 Å². The van der Waals surface area contributed by atoms with Crippen LogP contribution in [0.1, 0.15) is 26.2 Å². The molecule has 0 aromatic heterocycles. The monoisotopic (exact) mass is 213 g/mol. The van der Waals surface area contributed by atoms with Crippen molar-refractivity contribution in [2.45, 2.75) is 32.2 Å². The van der Waals surface area contributed by atoms with Crippen LogP contribution in [0.4, 0.5) is 0 Å². The number of methoxy groups -OCH3 is 1. The Balaban J connectivity index is 3.19. The number of terminal acetylenes is 1. The van der Waals surface area contributed by atoms with E-state index in [1.807, 2.05) is 0 Å². The van der Waals surface area contributed by atoms with E-state index in [1.54, 1.807) is 7.11 Å². The largest absolute Gasteiger partial charge is 0.385 e. The topological polar surface area (TPSA) is 30.5 Å². The van der Waals surface area contributed by atoms with E-state index in [4.69, 9.17) is 15.9 Å². The van der Waals surface area contributed by atoms with E-state index in [1.165, 1.54) is 0 Å². The molecule has 0 rings (SSSR count). The molecular formula is C12H23NO2. The van der Waals surface area contributed by atoms with Crippen LogP contribution in [0.15, 0.2) is 0 Å².